The molecule has 1 rings (SSSR count). The minimum absolute atomic E-state index is 0.251. The lowest BCUT2D eigenvalue weighted by Gasteiger charge is -2.19. The highest BCUT2D eigenvalue weighted by Crippen LogP contribution is 2.24. The molecule has 78 valence electrons. The Morgan fingerprint density at radius 1 is 1.43 bits per heavy atom. The van der Waals surface area contributed by atoms with E-state index in [4.69, 9.17) is 11.5 Å². The lowest BCUT2D eigenvalue weighted by atomic mass is 9.98. The van der Waals surface area contributed by atoms with Crippen LogP contribution in [0.25, 0.3) is 0 Å². The van der Waals surface area contributed by atoms with Gasteiger partial charge in [-0.2, -0.15) is 0 Å². The molecule has 0 aliphatic rings. The monoisotopic (exact) mass is 194 g/mol. The van der Waals surface area contributed by atoms with Crippen LogP contribution in [0.15, 0.2) is 18.2 Å². The molecule has 5 N–H and O–H groups in total. The smallest absolute Gasteiger partial charge is 0.0960 e. The van der Waals surface area contributed by atoms with Gasteiger partial charge in [0, 0.05) is 17.3 Å². The van der Waals surface area contributed by atoms with Crippen LogP contribution in [0.1, 0.15) is 30.6 Å². The second kappa shape index (κ2) is 4.44. The summed E-state index contributed by atoms with van der Waals surface area (Å²) in [4.78, 5) is 0. The lowest BCUT2D eigenvalue weighted by molar-refractivity contribution is 0.145. The normalized spacial score (nSPS) is 15.1. The van der Waals surface area contributed by atoms with E-state index in [0.717, 1.165) is 17.5 Å². The number of aliphatic hydroxyl groups is 1. The number of hydrogen-bond donors (Lipinski definition) is 3. The van der Waals surface area contributed by atoms with Gasteiger partial charge in [0.15, 0.2) is 0 Å². The van der Waals surface area contributed by atoms with Crippen molar-refractivity contribution in [2.75, 3.05) is 5.73 Å². The molecule has 0 spiro atoms. The molecule has 0 heterocycles. The number of aryl methyl sites for hydroxylation is 1. The fourth-order valence-electron chi connectivity index (χ4n) is 1.40. The first-order chi connectivity index (χ1) is 6.56. The second-order valence-corrected chi connectivity index (χ2v) is 3.65. The van der Waals surface area contributed by atoms with Gasteiger partial charge in [-0.25, -0.2) is 0 Å². The van der Waals surface area contributed by atoms with Crippen LogP contribution < -0.4 is 11.5 Å². The molecule has 0 aromatic heterocycles. The van der Waals surface area contributed by atoms with E-state index < -0.39 is 6.10 Å². The molecule has 1 aromatic rings. The zero-order valence-electron chi connectivity index (χ0n) is 8.70. The van der Waals surface area contributed by atoms with Crippen LogP contribution in [-0.4, -0.2) is 11.1 Å². The summed E-state index contributed by atoms with van der Waals surface area (Å²) in [5.74, 6) is 0. The van der Waals surface area contributed by atoms with Crippen LogP contribution in [0.2, 0.25) is 0 Å². The zero-order chi connectivity index (χ0) is 10.7. The van der Waals surface area contributed by atoms with Crippen molar-refractivity contribution < 1.29 is 5.11 Å². The molecule has 0 radical (unpaired) electrons. The molecule has 1 aromatic carbocycles. The molecule has 0 aliphatic carbocycles. The summed E-state index contributed by atoms with van der Waals surface area (Å²) in [6.45, 7) is 3.91. The Morgan fingerprint density at radius 3 is 2.64 bits per heavy atom. The number of rotatable bonds is 3. The lowest BCUT2D eigenvalue weighted by Crippen LogP contribution is -2.27. The van der Waals surface area contributed by atoms with Gasteiger partial charge in [0.2, 0.25) is 0 Å². The third-order valence-electron chi connectivity index (χ3n) is 2.44. The maximum atomic E-state index is 9.89. The van der Waals surface area contributed by atoms with Gasteiger partial charge in [0.1, 0.15) is 0 Å². The highest BCUT2D eigenvalue weighted by atomic mass is 16.3. The van der Waals surface area contributed by atoms with Crippen molar-refractivity contribution in [3.05, 3.63) is 29.3 Å². The molecular formula is C11H18N2O. The molecular weight excluding hydrogens is 176 g/mol. The first-order valence-electron chi connectivity index (χ1n) is 4.86. The van der Waals surface area contributed by atoms with Crippen LogP contribution in [0, 0.1) is 6.92 Å². The number of benzene rings is 1. The summed E-state index contributed by atoms with van der Waals surface area (Å²) >= 11 is 0. The van der Waals surface area contributed by atoms with E-state index in [1.54, 1.807) is 6.07 Å². The molecule has 0 bridgehead atoms. The van der Waals surface area contributed by atoms with Gasteiger partial charge in [-0.1, -0.05) is 24.6 Å². The number of hydrogen-bond acceptors (Lipinski definition) is 3. The number of aliphatic hydroxyl groups excluding tert-OH is 1. The predicted octanol–water partition coefficient (Wildman–Crippen LogP) is 1.35. The standard InChI is InChI=1S/C11H18N2O/c1-3-9(12)11(14)8-6-7(2)4-5-10(8)13/h4-6,9,11,14H,3,12-13H2,1-2H3. The fraction of sp³-hybridized carbons (Fsp3) is 0.455. The third kappa shape index (κ3) is 2.25. The van der Waals surface area contributed by atoms with Crippen LogP contribution in [0.5, 0.6) is 0 Å². The summed E-state index contributed by atoms with van der Waals surface area (Å²) in [6, 6.07) is 5.36. The molecule has 0 amide bonds. The fourth-order valence-corrected chi connectivity index (χ4v) is 1.40. The van der Waals surface area contributed by atoms with E-state index in [-0.39, 0.29) is 6.04 Å². The van der Waals surface area contributed by atoms with Crippen molar-refractivity contribution in [2.24, 2.45) is 5.73 Å². The van der Waals surface area contributed by atoms with Crippen LogP contribution in [-0.2, 0) is 0 Å². The minimum Gasteiger partial charge on any atom is -0.398 e. The molecule has 0 saturated carbocycles. The number of nitrogen functional groups attached to an aromatic ring is 1. The Morgan fingerprint density at radius 2 is 2.07 bits per heavy atom. The Balaban J connectivity index is 2.99. The molecule has 0 saturated heterocycles. The molecule has 3 heteroatoms. The average Bonchev–Trinajstić information content (AvgIpc) is 2.19. The van der Waals surface area contributed by atoms with E-state index in [0.29, 0.717) is 5.69 Å². The van der Waals surface area contributed by atoms with E-state index >= 15 is 0 Å². The quantitative estimate of drug-likeness (QED) is 0.636. The summed E-state index contributed by atoms with van der Waals surface area (Å²) in [7, 11) is 0. The van der Waals surface area contributed by atoms with Crippen molar-refractivity contribution in [2.45, 2.75) is 32.4 Å². The van der Waals surface area contributed by atoms with E-state index in [1.165, 1.54) is 0 Å². The topological polar surface area (TPSA) is 72.3 Å². The Hall–Kier alpha value is -1.06. The first-order valence-corrected chi connectivity index (χ1v) is 4.86. The molecule has 14 heavy (non-hydrogen) atoms. The SMILES string of the molecule is CCC(N)C(O)c1cc(C)ccc1N. The van der Waals surface area contributed by atoms with Gasteiger partial charge in [0.05, 0.1) is 6.10 Å². The Labute approximate surface area is 84.7 Å². The summed E-state index contributed by atoms with van der Waals surface area (Å²) < 4.78 is 0. The molecule has 0 aliphatic heterocycles. The van der Waals surface area contributed by atoms with Crippen molar-refractivity contribution in [3.8, 4) is 0 Å². The highest BCUT2D eigenvalue weighted by molar-refractivity contribution is 5.50. The third-order valence-corrected chi connectivity index (χ3v) is 2.44. The molecule has 2 atom stereocenters. The Kier molecular flexibility index (Phi) is 3.49. The zero-order valence-corrected chi connectivity index (χ0v) is 8.70. The van der Waals surface area contributed by atoms with E-state index in [1.807, 2.05) is 26.0 Å². The van der Waals surface area contributed by atoms with E-state index in [2.05, 4.69) is 0 Å². The largest absolute Gasteiger partial charge is 0.398 e. The first kappa shape index (κ1) is 11.0. The number of anilines is 1. The van der Waals surface area contributed by atoms with Gasteiger partial charge < -0.3 is 16.6 Å². The van der Waals surface area contributed by atoms with Crippen molar-refractivity contribution >= 4 is 5.69 Å². The predicted molar refractivity (Wildman–Crippen MR) is 58.8 cm³/mol. The van der Waals surface area contributed by atoms with Gasteiger partial charge in [-0.05, 0) is 19.4 Å². The van der Waals surface area contributed by atoms with Crippen molar-refractivity contribution in [1.29, 1.82) is 0 Å². The number of nitrogens with two attached hydrogens (primary N) is 2. The minimum atomic E-state index is -0.667. The van der Waals surface area contributed by atoms with Gasteiger partial charge in [-0.3, -0.25) is 0 Å². The second-order valence-electron chi connectivity index (χ2n) is 3.65. The van der Waals surface area contributed by atoms with Crippen LogP contribution in [0.4, 0.5) is 5.69 Å². The summed E-state index contributed by atoms with van der Waals surface area (Å²) in [6.07, 6.45) is 0.0639. The van der Waals surface area contributed by atoms with Crippen molar-refractivity contribution in [3.63, 3.8) is 0 Å². The maximum absolute atomic E-state index is 9.89. The van der Waals surface area contributed by atoms with Crippen LogP contribution in [0.3, 0.4) is 0 Å². The molecule has 3 nitrogen and oxygen atoms in total. The average molecular weight is 194 g/mol. The van der Waals surface area contributed by atoms with Gasteiger partial charge >= 0.3 is 0 Å². The van der Waals surface area contributed by atoms with Crippen LogP contribution >= 0.6 is 0 Å². The van der Waals surface area contributed by atoms with Gasteiger partial charge in [0.25, 0.3) is 0 Å². The molecule has 2 unspecified atom stereocenters. The van der Waals surface area contributed by atoms with Crippen molar-refractivity contribution in [1.82, 2.24) is 0 Å². The Bertz CT molecular complexity index is 312. The maximum Gasteiger partial charge on any atom is 0.0960 e. The van der Waals surface area contributed by atoms with E-state index in [9.17, 15) is 5.11 Å². The summed E-state index contributed by atoms with van der Waals surface area (Å²) in [5, 5.41) is 9.89. The van der Waals surface area contributed by atoms with Gasteiger partial charge in [-0.15, -0.1) is 0 Å². The molecule has 0 fully saturated rings. The summed E-state index contributed by atoms with van der Waals surface area (Å²) in [5.41, 5.74) is 13.9. The highest BCUT2D eigenvalue weighted by Gasteiger charge is 2.17.